The lowest BCUT2D eigenvalue weighted by atomic mass is 10.1. The van der Waals surface area contributed by atoms with Crippen molar-refractivity contribution >= 4 is 11.0 Å². The SMILES string of the molecule is CC(C)CCn1c(CN2CCn3nc(C#N)cc3C2)nc2ccccc21. The minimum atomic E-state index is 0.506. The Morgan fingerprint density at radius 1 is 1.23 bits per heavy atom. The molecular formula is C20H24N6. The summed E-state index contributed by atoms with van der Waals surface area (Å²) in [6.07, 6.45) is 1.14. The van der Waals surface area contributed by atoms with Gasteiger partial charge >= 0.3 is 0 Å². The van der Waals surface area contributed by atoms with Crippen LogP contribution in [0.4, 0.5) is 0 Å². The van der Waals surface area contributed by atoms with Crippen LogP contribution >= 0.6 is 0 Å². The van der Waals surface area contributed by atoms with Gasteiger partial charge in [0.25, 0.3) is 0 Å². The lowest BCUT2D eigenvalue weighted by Gasteiger charge is -2.27. The molecule has 0 fully saturated rings. The molecule has 1 aliphatic heterocycles. The fraction of sp³-hybridized carbons (Fsp3) is 0.450. The summed E-state index contributed by atoms with van der Waals surface area (Å²) in [5, 5.41) is 13.4. The number of nitriles is 1. The van der Waals surface area contributed by atoms with E-state index in [0.29, 0.717) is 11.6 Å². The smallest absolute Gasteiger partial charge is 0.162 e. The maximum Gasteiger partial charge on any atom is 0.162 e. The molecule has 134 valence electrons. The van der Waals surface area contributed by atoms with Crippen molar-refractivity contribution in [2.75, 3.05) is 6.54 Å². The molecule has 0 atom stereocenters. The minimum Gasteiger partial charge on any atom is -0.327 e. The van der Waals surface area contributed by atoms with Crippen LogP contribution in [0.15, 0.2) is 30.3 Å². The summed E-state index contributed by atoms with van der Waals surface area (Å²) in [5.41, 5.74) is 3.90. The number of nitrogens with zero attached hydrogens (tertiary/aromatic N) is 6. The van der Waals surface area contributed by atoms with E-state index in [-0.39, 0.29) is 0 Å². The Labute approximate surface area is 153 Å². The molecule has 3 heterocycles. The fourth-order valence-corrected chi connectivity index (χ4v) is 3.59. The van der Waals surface area contributed by atoms with Gasteiger partial charge in [0.1, 0.15) is 11.9 Å². The molecular weight excluding hydrogens is 324 g/mol. The number of hydrogen-bond acceptors (Lipinski definition) is 4. The molecule has 6 heteroatoms. The third kappa shape index (κ3) is 3.23. The standard InChI is InChI=1S/C20H24N6/c1-15(2)7-8-25-19-6-4-3-5-18(19)22-20(25)14-24-9-10-26-17(13-24)11-16(12-21)23-26/h3-6,11,15H,7-10,13-14H2,1-2H3. The van der Waals surface area contributed by atoms with Gasteiger partial charge in [0.15, 0.2) is 5.69 Å². The van der Waals surface area contributed by atoms with Crippen molar-refractivity contribution in [3.63, 3.8) is 0 Å². The quantitative estimate of drug-likeness (QED) is 0.710. The molecule has 1 aromatic carbocycles. The van der Waals surface area contributed by atoms with Crippen molar-refractivity contribution < 1.29 is 0 Å². The molecule has 0 amide bonds. The van der Waals surface area contributed by atoms with Crippen LogP contribution in [0.3, 0.4) is 0 Å². The molecule has 0 aliphatic carbocycles. The van der Waals surface area contributed by atoms with Crippen LogP contribution in [0.2, 0.25) is 0 Å². The highest BCUT2D eigenvalue weighted by molar-refractivity contribution is 5.75. The number of benzene rings is 1. The first-order chi connectivity index (χ1) is 12.6. The second-order valence-electron chi connectivity index (χ2n) is 7.42. The predicted octanol–water partition coefficient (Wildman–Crippen LogP) is 3.17. The molecule has 26 heavy (non-hydrogen) atoms. The molecule has 3 aromatic rings. The van der Waals surface area contributed by atoms with Gasteiger partial charge in [-0.3, -0.25) is 9.58 Å². The normalized spacial score (nSPS) is 14.7. The number of aryl methyl sites for hydroxylation is 1. The predicted molar refractivity (Wildman–Crippen MR) is 100 cm³/mol. The molecule has 0 radical (unpaired) electrons. The molecule has 0 unspecified atom stereocenters. The topological polar surface area (TPSA) is 62.7 Å². The van der Waals surface area contributed by atoms with E-state index in [4.69, 9.17) is 10.2 Å². The minimum absolute atomic E-state index is 0.506. The van der Waals surface area contributed by atoms with Crippen molar-refractivity contribution in [2.45, 2.75) is 46.4 Å². The maximum atomic E-state index is 9.06. The second kappa shape index (κ2) is 6.93. The van der Waals surface area contributed by atoms with E-state index in [1.54, 1.807) is 0 Å². The monoisotopic (exact) mass is 348 g/mol. The fourth-order valence-electron chi connectivity index (χ4n) is 3.59. The van der Waals surface area contributed by atoms with Gasteiger partial charge in [-0.1, -0.05) is 26.0 Å². The number of imidazole rings is 1. The Balaban J connectivity index is 1.58. The van der Waals surface area contributed by atoms with Crippen LogP contribution in [0.25, 0.3) is 11.0 Å². The van der Waals surface area contributed by atoms with Gasteiger partial charge in [0, 0.05) is 19.6 Å². The molecule has 4 rings (SSSR count). The molecule has 0 saturated heterocycles. The number of hydrogen-bond donors (Lipinski definition) is 0. The lowest BCUT2D eigenvalue weighted by molar-refractivity contribution is 0.198. The lowest BCUT2D eigenvalue weighted by Crippen LogP contribution is -2.34. The first kappa shape index (κ1) is 16.8. The highest BCUT2D eigenvalue weighted by atomic mass is 15.3. The first-order valence-corrected chi connectivity index (χ1v) is 9.27. The van der Waals surface area contributed by atoms with E-state index in [2.05, 4.69) is 58.7 Å². The summed E-state index contributed by atoms with van der Waals surface area (Å²) >= 11 is 0. The third-order valence-electron chi connectivity index (χ3n) is 5.02. The average molecular weight is 348 g/mol. The number of fused-ring (bicyclic) bond motifs is 2. The molecule has 0 N–H and O–H groups in total. The Morgan fingerprint density at radius 3 is 2.88 bits per heavy atom. The molecule has 0 saturated carbocycles. The van der Waals surface area contributed by atoms with Crippen molar-refractivity contribution in [2.24, 2.45) is 5.92 Å². The maximum absolute atomic E-state index is 9.06. The Hall–Kier alpha value is -2.65. The first-order valence-electron chi connectivity index (χ1n) is 9.27. The van der Waals surface area contributed by atoms with E-state index in [0.717, 1.165) is 56.2 Å². The van der Waals surface area contributed by atoms with E-state index >= 15 is 0 Å². The Bertz CT molecular complexity index is 958. The van der Waals surface area contributed by atoms with Gasteiger partial charge in [-0.15, -0.1) is 0 Å². The molecule has 2 aromatic heterocycles. The largest absolute Gasteiger partial charge is 0.327 e. The Kier molecular flexibility index (Phi) is 4.48. The van der Waals surface area contributed by atoms with Gasteiger partial charge in [-0.2, -0.15) is 10.4 Å². The third-order valence-corrected chi connectivity index (χ3v) is 5.02. The van der Waals surface area contributed by atoms with E-state index in [1.165, 1.54) is 5.52 Å². The van der Waals surface area contributed by atoms with Crippen LogP contribution in [-0.4, -0.2) is 30.8 Å². The molecule has 0 spiro atoms. The van der Waals surface area contributed by atoms with Crippen molar-refractivity contribution in [1.29, 1.82) is 5.26 Å². The van der Waals surface area contributed by atoms with E-state index in [9.17, 15) is 0 Å². The second-order valence-corrected chi connectivity index (χ2v) is 7.42. The number of rotatable bonds is 5. The van der Waals surface area contributed by atoms with E-state index < -0.39 is 0 Å². The van der Waals surface area contributed by atoms with Crippen LogP contribution in [0, 0.1) is 17.2 Å². The zero-order valence-electron chi connectivity index (χ0n) is 15.4. The van der Waals surface area contributed by atoms with Crippen molar-refractivity contribution in [3.8, 4) is 6.07 Å². The van der Waals surface area contributed by atoms with Gasteiger partial charge in [-0.25, -0.2) is 4.98 Å². The van der Waals surface area contributed by atoms with E-state index in [1.807, 2.05) is 10.7 Å². The zero-order valence-corrected chi connectivity index (χ0v) is 15.4. The Morgan fingerprint density at radius 2 is 2.08 bits per heavy atom. The van der Waals surface area contributed by atoms with Crippen LogP contribution < -0.4 is 0 Å². The highest BCUT2D eigenvalue weighted by Gasteiger charge is 2.21. The average Bonchev–Trinajstić information content (AvgIpc) is 3.20. The van der Waals surface area contributed by atoms with Crippen LogP contribution in [0.5, 0.6) is 0 Å². The van der Waals surface area contributed by atoms with Crippen LogP contribution in [0.1, 0.15) is 37.5 Å². The van der Waals surface area contributed by atoms with Gasteiger partial charge in [0.2, 0.25) is 0 Å². The summed E-state index contributed by atoms with van der Waals surface area (Å²) in [7, 11) is 0. The van der Waals surface area contributed by atoms with Crippen molar-refractivity contribution in [3.05, 3.63) is 47.5 Å². The molecule has 1 aliphatic rings. The van der Waals surface area contributed by atoms with Gasteiger partial charge in [-0.05, 0) is 30.5 Å². The number of aromatic nitrogens is 4. The van der Waals surface area contributed by atoms with Crippen LogP contribution in [-0.2, 0) is 26.2 Å². The highest BCUT2D eigenvalue weighted by Crippen LogP contribution is 2.21. The van der Waals surface area contributed by atoms with Crippen molar-refractivity contribution in [1.82, 2.24) is 24.2 Å². The molecule has 0 bridgehead atoms. The summed E-state index contributed by atoms with van der Waals surface area (Å²) in [4.78, 5) is 7.30. The summed E-state index contributed by atoms with van der Waals surface area (Å²) in [6.45, 7) is 8.89. The molecule has 6 nitrogen and oxygen atoms in total. The van der Waals surface area contributed by atoms with Gasteiger partial charge < -0.3 is 4.57 Å². The summed E-state index contributed by atoms with van der Waals surface area (Å²) in [5.74, 6) is 1.79. The van der Waals surface area contributed by atoms with Gasteiger partial charge in [0.05, 0.1) is 29.8 Å². The number of para-hydroxylation sites is 2. The summed E-state index contributed by atoms with van der Waals surface area (Å²) < 4.78 is 4.33. The zero-order chi connectivity index (χ0) is 18.1. The summed E-state index contributed by atoms with van der Waals surface area (Å²) in [6, 6.07) is 12.4.